The Morgan fingerprint density at radius 1 is 1.52 bits per heavy atom. The highest BCUT2D eigenvalue weighted by molar-refractivity contribution is 6.34. The Labute approximate surface area is 124 Å². The van der Waals surface area contributed by atoms with Crippen molar-refractivity contribution in [2.45, 2.75) is 12.5 Å². The number of carboxylic acids is 1. The fourth-order valence-electron chi connectivity index (χ4n) is 1.54. The molecule has 1 atom stereocenters. The third-order valence-electron chi connectivity index (χ3n) is 2.63. The first kappa shape index (κ1) is 16.9. The van der Waals surface area contributed by atoms with Crippen molar-refractivity contribution in [1.82, 2.24) is 5.32 Å². The van der Waals surface area contributed by atoms with Gasteiger partial charge in [-0.1, -0.05) is 11.6 Å². The number of non-ortho nitro benzene ring substituents is 1. The van der Waals surface area contributed by atoms with E-state index in [1.165, 1.54) is 13.2 Å². The molecular formula is C12H13ClN2O6. The number of carbonyl (C=O) groups is 2. The molecule has 1 rings (SSSR count). The number of nitrogens with zero attached hydrogens (tertiary/aromatic N) is 1. The number of carboxylic acid groups (broad SMARTS) is 1. The zero-order valence-electron chi connectivity index (χ0n) is 11.0. The minimum atomic E-state index is -1.05. The summed E-state index contributed by atoms with van der Waals surface area (Å²) in [6.07, 6.45) is -0.937. The van der Waals surface area contributed by atoms with Crippen molar-refractivity contribution in [3.05, 3.63) is 38.9 Å². The molecule has 1 aromatic carbocycles. The third kappa shape index (κ3) is 5.01. The van der Waals surface area contributed by atoms with Crippen molar-refractivity contribution in [3.8, 4) is 0 Å². The Balaban J connectivity index is 2.71. The summed E-state index contributed by atoms with van der Waals surface area (Å²) < 4.78 is 4.91. The Hall–Kier alpha value is -2.19. The maximum Gasteiger partial charge on any atom is 0.306 e. The summed E-state index contributed by atoms with van der Waals surface area (Å²) in [6.45, 7) is -0.0189. The molecule has 8 nitrogen and oxygen atoms in total. The molecule has 0 heterocycles. The van der Waals surface area contributed by atoms with Gasteiger partial charge in [0, 0.05) is 25.8 Å². The van der Waals surface area contributed by atoms with Crippen molar-refractivity contribution in [2.24, 2.45) is 0 Å². The van der Waals surface area contributed by atoms with Crippen molar-refractivity contribution in [2.75, 3.05) is 13.7 Å². The molecule has 1 amide bonds. The number of methoxy groups -OCH3 is 1. The van der Waals surface area contributed by atoms with Gasteiger partial charge in [0.05, 0.1) is 28.0 Å². The van der Waals surface area contributed by atoms with Crippen LogP contribution >= 0.6 is 11.6 Å². The standard InChI is InChI=1S/C12H13ClN2O6/c1-21-8(5-11(16)17)6-14-12(18)9-3-2-7(15(19)20)4-10(9)13/h2-4,8H,5-6H2,1H3,(H,14,18)(H,16,17). The van der Waals surface area contributed by atoms with Crippen molar-refractivity contribution in [3.63, 3.8) is 0 Å². The zero-order chi connectivity index (χ0) is 16.0. The van der Waals surface area contributed by atoms with Crippen LogP contribution in [0.5, 0.6) is 0 Å². The fourth-order valence-corrected chi connectivity index (χ4v) is 1.80. The number of benzene rings is 1. The largest absolute Gasteiger partial charge is 0.481 e. The van der Waals surface area contributed by atoms with E-state index in [-0.39, 0.29) is 29.2 Å². The van der Waals surface area contributed by atoms with Crippen LogP contribution in [-0.2, 0) is 9.53 Å². The number of nitrogens with one attached hydrogen (secondary N) is 1. The number of amides is 1. The van der Waals surface area contributed by atoms with Gasteiger partial charge in [-0.25, -0.2) is 0 Å². The molecule has 0 fully saturated rings. The zero-order valence-corrected chi connectivity index (χ0v) is 11.8. The summed E-state index contributed by atoms with van der Waals surface area (Å²) in [6, 6.07) is 3.46. The first-order valence-corrected chi connectivity index (χ1v) is 6.19. The van der Waals surface area contributed by atoms with Gasteiger partial charge >= 0.3 is 5.97 Å². The lowest BCUT2D eigenvalue weighted by molar-refractivity contribution is -0.384. The average molecular weight is 317 g/mol. The van der Waals surface area contributed by atoms with Crippen molar-refractivity contribution in [1.29, 1.82) is 0 Å². The molecule has 0 aromatic heterocycles. The first-order valence-electron chi connectivity index (χ1n) is 5.82. The summed E-state index contributed by atoms with van der Waals surface area (Å²) in [5.41, 5.74) is -0.162. The van der Waals surface area contributed by atoms with Crippen LogP contribution in [0.4, 0.5) is 5.69 Å². The highest BCUT2D eigenvalue weighted by Crippen LogP contribution is 2.22. The maximum atomic E-state index is 11.9. The molecule has 0 radical (unpaired) electrons. The van der Waals surface area contributed by atoms with Gasteiger partial charge in [-0.3, -0.25) is 19.7 Å². The molecule has 0 aliphatic carbocycles. The van der Waals surface area contributed by atoms with Crippen LogP contribution in [0, 0.1) is 10.1 Å². The molecule has 0 saturated heterocycles. The van der Waals surface area contributed by atoms with Gasteiger partial charge in [-0.05, 0) is 6.07 Å². The van der Waals surface area contributed by atoms with E-state index in [0.29, 0.717) is 0 Å². The highest BCUT2D eigenvalue weighted by atomic mass is 35.5. The normalized spacial score (nSPS) is 11.7. The summed E-state index contributed by atoms with van der Waals surface area (Å²) in [5.74, 6) is -1.62. The topological polar surface area (TPSA) is 119 Å². The van der Waals surface area contributed by atoms with E-state index in [9.17, 15) is 19.7 Å². The van der Waals surface area contributed by atoms with Gasteiger partial charge in [0.15, 0.2) is 0 Å². The number of ether oxygens (including phenoxy) is 1. The summed E-state index contributed by atoms with van der Waals surface area (Å²) in [4.78, 5) is 32.4. The minimum absolute atomic E-state index is 0.0189. The lowest BCUT2D eigenvalue weighted by Crippen LogP contribution is -2.34. The van der Waals surface area contributed by atoms with E-state index in [4.69, 9.17) is 21.4 Å². The van der Waals surface area contributed by atoms with Crippen LogP contribution in [-0.4, -0.2) is 41.7 Å². The first-order chi connectivity index (χ1) is 9.85. The SMILES string of the molecule is COC(CNC(=O)c1ccc([N+](=O)[O-])cc1Cl)CC(=O)O. The van der Waals surface area contributed by atoms with E-state index in [1.54, 1.807) is 0 Å². The van der Waals surface area contributed by atoms with Gasteiger partial charge in [0.25, 0.3) is 11.6 Å². The highest BCUT2D eigenvalue weighted by Gasteiger charge is 2.17. The molecule has 2 N–H and O–H groups in total. The molecule has 0 aliphatic rings. The Kier molecular flexibility index (Phi) is 6.07. The molecule has 0 aliphatic heterocycles. The number of carbonyl (C=O) groups excluding carboxylic acids is 1. The average Bonchev–Trinajstić information content (AvgIpc) is 2.42. The van der Waals surface area contributed by atoms with E-state index in [0.717, 1.165) is 12.1 Å². The summed E-state index contributed by atoms with van der Waals surface area (Å²) >= 11 is 5.81. The Morgan fingerprint density at radius 2 is 2.19 bits per heavy atom. The van der Waals surface area contributed by atoms with E-state index >= 15 is 0 Å². The maximum absolute atomic E-state index is 11.9. The molecule has 0 saturated carbocycles. The van der Waals surface area contributed by atoms with Crippen molar-refractivity contribution >= 4 is 29.2 Å². The molecule has 1 unspecified atom stereocenters. The number of nitro benzene ring substituents is 1. The van der Waals surface area contributed by atoms with Crippen molar-refractivity contribution < 1.29 is 24.4 Å². The number of halogens is 1. The van der Waals surface area contributed by atoms with Gasteiger partial charge in [0.2, 0.25) is 0 Å². The van der Waals surface area contributed by atoms with Crippen LogP contribution in [0.3, 0.4) is 0 Å². The van der Waals surface area contributed by atoms with Gasteiger partial charge in [-0.15, -0.1) is 0 Å². The second-order valence-electron chi connectivity index (χ2n) is 4.09. The predicted octanol–water partition coefficient (Wildman–Crippen LogP) is 1.47. The molecule has 21 heavy (non-hydrogen) atoms. The smallest absolute Gasteiger partial charge is 0.306 e. The van der Waals surface area contributed by atoms with Crippen LogP contribution < -0.4 is 5.32 Å². The number of hydrogen-bond acceptors (Lipinski definition) is 5. The minimum Gasteiger partial charge on any atom is -0.481 e. The molecule has 0 bridgehead atoms. The summed E-state index contributed by atoms with van der Waals surface area (Å²) in [7, 11) is 1.33. The molecule has 9 heteroatoms. The number of aliphatic carboxylic acids is 1. The van der Waals surface area contributed by atoms with E-state index in [1.807, 2.05) is 0 Å². The lowest BCUT2D eigenvalue weighted by Gasteiger charge is -2.14. The van der Waals surface area contributed by atoms with Crippen LogP contribution in [0.25, 0.3) is 0 Å². The van der Waals surface area contributed by atoms with Crippen LogP contribution in [0.2, 0.25) is 5.02 Å². The molecule has 0 spiro atoms. The van der Waals surface area contributed by atoms with E-state index < -0.39 is 22.9 Å². The Morgan fingerprint density at radius 3 is 2.67 bits per heavy atom. The summed E-state index contributed by atoms with van der Waals surface area (Å²) in [5, 5.41) is 21.6. The quantitative estimate of drug-likeness (QED) is 0.580. The second-order valence-corrected chi connectivity index (χ2v) is 4.49. The lowest BCUT2D eigenvalue weighted by atomic mass is 10.2. The van der Waals surface area contributed by atoms with Crippen LogP contribution in [0.15, 0.2) is 18.2 Å². The van der Waals surface area contributed by atoms with Gasteiger partial charge in [-0.2, -0.15) is 0 Å². The third-order valence-corrected chi connectivity index (χ3v) is 2.95. The number of hydrogen-bond donors (Lipinski definition) is 2. The Bertz CT molecular complexity index is 563. The van der Waals surface area contributed by atoms with Gasteiger partial charge in [0.1, 0.15) is 0 Å². The number of nitro groups is 1. The molecule has 114 valence electrons. The molecular weight excluding hydrogens is 304 g/mol. The van der Waals surface area contributed by atoms with E-state index in [2.05, 4.69) is 5.32 Å². The predicted molar refractivity (Wildman–Crippen MR) is 73.5 cm³/mol. The molecule has 1 aromatic rings. The second kappa shape index (κ2) is 7.55. The monoisotopic (exact) mass is 316 g/mol. The van der Waals surface area contributed by atoms with Crippen LogP contribution in [0.1, 0.15) is 16.8 Å². The van der Waals surface area contributed by atoms with Gasteiger partial charge < -0.3 is 15.2 Å². The number of rotatable bonds is 7. The fraction of sp³-hybridized carbons (Fsp3) is 0.333.